The predicted octanol–water partition coefficient (Wildman–Crippen LogP) is 5.52. The number of likely N-dealkylation sites (N-methyl/N-ethyl adjacent to an activating group) is 1. The zero-order valence-corrected chi connectivity index (χ0v) is 25.1. The number of alkyl carbamates (subject to hydrolysis) is 1. The van der Waals surface area contributed by atoms with Crippen molar-refractivity contribution in [1.82, 2.24) is 15.5 Å². The van der Waals surface area contributed by atoms with E-state index < -0.39 is 24.1 Å². The highest BCUT2D eigenvalue weighted by Gasteiger charge is 2.28. The smallest absolute Gasteiger partial charge is 0.408 e. The number of hydrogen-bond acceptors (Lipinski definition) is 5. The molecule has 1 fully saturated rings. The Morgan fingerprint density at radius 3 is 2.51 bits per heavy atom. The van der Waals surface area contributed by atoms with E-state index in [1.165, 1.54) is 6.42 Å². The molecule has 2 aromatic carbocycles. The third kappa shape index (κ3) is 11.5. The predicted molar refractivity (Wildman–Crippen MR) is 161 cm³/mol. The Bertz CT molecular complexity index is 1140. The Morgan fingerprint density at radius 1 is 1.05 bits per heavy atom. The van der Waals surface area contributed by atoms with Gasteiger partial charge in [-0.25, -0.2) is 4.79 Å². The average molecular weight is 607 g/mol. The van der Waals surface area contributed by atoms with E-state index in [0.717, 1.165) is 36.8 Å². The van der Waals surface area contributed by atoms with Crippen LogP contribution >= 0.6 is 23.2 Å². The van der Waals surface area contributed by atoms with Crippen LogP contribution in [-0.4, -0.2) is 60.2 Å². The van der Waals surface area contributed by atoms with Gasteiger partial charge in [-0.3, -0.25) is 9.59 Å². The van der Waals surface area contributed by atoms with Crippen molar-refractivity contribution in [3.8, 4) is 0 Å². The van der Waals surface area contributed by atoms with Crippen LogP contribution in [-0.2, 0) is 27.4 Å². The summed E-state index contributed by atoms with van der Waals surface area (Å²) < 4.78 is 5.36. The summed E-state index contributed by atoms with van der Waals surface area (Å²) in [6.07, 6.45) is 6.23. The highest BCUT2D eigenvalue weighted by molar-refractivity contribution is 6.31. The molecule has 2 atom stereocenters. The lowest BCUT2D eigenvalue weighted by molar-refractivity contribution is -0.130. The topological polar surface area (TPSA) is 108 Å². The molecule has 0 bridgehead atoms. The maximum atomic E-state index is 13.3. The van der Waals surface area contributed by atoms with Gasteiger partial charge in [0.2, 0.25) is 11.8 Å². The summed E-state index contributed by atoms with van der Waals surface area (Å²) in [7, 11) is 1.73. The minimum absolute atomic E-state index is 0.0233. The molecular weight excluding hydrogens is 565 g/mol. The molecule has 8 nitrogen and oxygen atoms in total. The lowest BCUT2D eigenvalue weighted by Crippen LogP contribution is -2.51. The molecule has 10 heteroatoms. The highest BCUT2D eigenvalue weighted by atomic mass is 35.5. The van der Waals surface area contributed by atoms with E-state index >= 15 is 0 Å². The molecule has 2 aromatic rings. The minimum Gasteiger partial charge on any atom is -0.445 e. The number of benzene rings is 2. The summed E-state index contributed by atoms with van der Waals surface area (Å²) in [6.45, 7) is 0.205. The molecule has 1 aliphatic rings. The van der Waals surface area contributed by atoms with Crippen LogP contribution in [0.2, 0.25) is 10.0 Å². The SMILES string of the molecule is CN(CCc1ccccc1Cl)C(=O)CCC(CO)NC(=O)C(CC1CCCCC1)NC(=O)OCc1cccc(Cl)c1. The van der Waals surface area contributed by atoms with Crippen LogP contribution in [0.4, 0.5) is 4.79 Å². The van der Waals surface area contributed by atoms with E-state index in [1.54, 1.807) is 36.2 Å². The van der Waals surface area contributed by atoms with Crippen molar-refractivity contribution < 1.29 is 24.2 Å². The van der Waals surface area contributed by atoms with Crippen LogP contribution in [0.25, 0.3) is 0 Å². The molecule has 3 rings (SSSR count). The molecule has 224 valence electrons. The first kappa shape index (κ1) is 32.7. The monoisotopic (exact) mass is 605 g/mol. The van der Waals surface area contributed by atoms with Crippen LogP contribution in [0.5, 0.6) is 0 Å². The van der Waals surface area contributed by atoms with Gasteiger partial charge in [-0.2, -0.15) is 0 Å². The lowest BCUT2D eigenvalue weighted by Gasteiger charge is -2.28. The van der Waals surface area contributed by atoms with Gasteiger partial charge < -0.3 is 25.4 Å². The van der Waals surface area contributed by atoms with Gasteiger partial charge in [-0.05, 0) is 54.5 Å². The second kappa shape index (κ2) is 17.2. The standard InChI is InChI=1S/C31H41Cl2N3O5/c1-36(17-16-24-11-5-6-13-27(24)33)29(38)15-14-26(20-37)34-30(39)28(19-22-8-3-2-4-9-22)35-31(40)41-21-23-10-7-12-25(32)18-23/h5-7,10-13,18,22,26,28,37H,2-4,8-9,14-17,19-21H2,1H3,(H,34,39)(H,35,40). The number of rotatable bonds is 14. The minimum atomic E-state index is -0.812. The zero-order valence-electron chi connectivity index (χ0n) is 23.6. The average Bonchev–Trinajstić information content (AvgIpc) is 2.97. The highest BCUT2D eigenvalue weighted by Crippen LogP contribution is 2.27. The van der Waals surface area contributed by atoms with Crippen LogP contribution in [0.1, 0.15) is 62.5 Å². The van der Waals surface area contributed by atoms with Crippen molar-refractivity contribution >= 4 is 41.1 Å². The van der Waals surface area contributed by atoms with E-state index in [0.29, 0.717) is 35.3 Å². The maximum absolute atomic E-state index is 13.3. The second-order valence-electron chi connectivity index (χ2n) is 10.7. The Labute approximate surface area is 252 Å². The van der Waals surface area contributed by atoms with Gasteiger partial charge in [0.1, 0.15) is 12.6 Å². The van der Waals surface area contributed by atoms with Crippen LogP contribution in [0.3, 0.4) is 0 Å². The molecule has 0 saturated heterocycles. The molecule has 0 heterocycles. The van der Waals surface area contributed by atoms with Crippen molar-refractivity contribution in [3.63, 3.8) is 0 Å². The number of ether oxygens (including phenoxy) is 1. The van der Waals surface area contributed by atoms with Gasteiger partial charge in [0.25, 0.3) is 0 Å². The van der Waals surface area contributed by atoms with Crippen LogP contribution < -0.4 is 10.6 Å². The largest absolute Gasteiger partial charge is 0.445 e. The Balaban J connectivity index is 1.51. The molecule has 1 aliphatic carbocycles. The van der Waals surface area contributed by atoms with Crippen molar-refractivity contribution in [2.75, 3.05) is 20.2 Å². The molecule has 1 saturated carbocycles. The van der Waals surface area contributed by atoms with Gasteiger partial charge in [-0.1, -0.05) is 85.6 Å². The summed E-state index contributed by atoms with van der Waals surface area (Å²) in [4.78, 5) is 40.3. The second-order valence-corrected chi connectivity index (χ2v) is 11.6. The third-order valence-electron chi connectivity index (χ3n) is 7.53. The fourth-order valence-corrected chi connectivity index (χ4v) is 5.50. The molecule has 0 radical (unpaired) electrons. The molecular formula is C31H41Cl2N3O5. The van der Waals surface area contributed by atoms with E-state index in [2.05, 4.69) is 10.6 Å². The summed E-state index contributed by atoms with van der Waals surface area (Å²) in [5, 5.41) is 16.7. The Morgan fingerprint density at radius 2 is 1.80 bits per heavy atom. The summed E-state index contributed by atoms with van der Waals surface area (Å²) in [5.74, 6) is -0.172. The Kier molecular flexibility index (Phi) is 13.7. The van der Waals surface area contributed by atoms with E-state index in [9.17, 15) is 19.5 Å². The normalized spacial score (nSPS) is 15.0. The molecule has 0 aliphatic heterocycles. The van der Waals surface area contributed by atoms with Gasteiger partial charge in [0, 0.05) is 30.1 Å². The first-order valence-electron chi connectivity index (χ1n) is 14.3. The number of carbonyl (C=O) groups is 3. The molecule has 3 N–H and O–H groups in total. The number of halogens is 2. The van der Waals surface area contributed by atoms with Crippen LogP contribution in [0.15, 0.2) is 48.5 Å². The van der Waals surface area contributed by atoms with Gasteiger partial charge in [-0.15, -0.1) is 0 Å². The summed E-state index contributed by atoms with van der Waals surface area (Å²) in [6, 6.07) is 13.1. The third-order valence-corrected chi connectivity index (χ3v) is 8.14. The van der Waals surface area contributed by atoms with Crippen molar-refractivity contribution in [2.24, 2.45) is 5.92 Å². The fourth-order valence-electron chi connectivity index (χ4n) is 5.06. The molecule has 41 heavy (non-hydrogen) atoms. The number of aliphatic hydroxyl groups excluding tert-OH is 1. The first-order chi connectivity index (χ1) is 19.7. The number of hydrogen-bond donors (Lipinski definition) is 3. The van der Waals surface area contributed by atoms with Gasteiger partial charge >= 0.3 is 6.09 Å². The number of nitrogens with one attached hydrogen (secondary N) is 2. The van der Waals surface area contributed by atoms with Crippen molar-refractivity contribution in [3.05, 3.63) is 69.7 Å². The summed E-state index contributed by atoms with van der Waals surface area (Å²) >= 11 is 12.2. The maximum Gasteiger partial charge on any atom is 0.408 e. The molecule has 0 spiro atoms. The first-order valence-corrected chi connectivity index (χ1v) is 15.1. The quantitative estimate of drug-likeness (QED) is 0.263. The summed E-state index contributed by atoms with van der Waals surface area (Å²) in [5.41, 5.74) is 1.71. The fraction of sp³-hybridized carbons (Fsp3) is 0.516. The number of carbonyl (C=O) groups excluding carboxylic acids is 3. The van der Waals surface area contributed by atoms with Gasteiger partial charge in [0.05, 0.1) is 12.6 Å². The van der Waals surface area contributed by atoms with Gasteiger partial charge in [0.15, 0.2) is 0 Å². The molecule has 0 aromatic heterocycles. The van der Waals surface area contributed by atoms with Crippen molar-refractivity contribution in [1.29, 1.82) is 0 Å². The number of nitrogens with zero attached hydrogens (tertiary/aromatic N) is 1. The zero-order chi connectivity index (χ0) is 29.6. The van der Waals surface area contributed by atoms with Crippen LogP contribution in [0, 0.1) is 5.92 Å². The number of aliphatic hydroxyl groups is 1. The number of amides is 3. The van der Waals surface area contributed by atoms with E-state index in [4.69, 9.17) is 27.9 Å². The Hall–Kier alpha value is -2.81. The van der Waals surface area contributed by atoms with E-state index in [1.807, 2.05) is 24.3 Å². The molecule has 2 unspecified atom stereocenters. The lowest BCUT2D eigenvalue weighted by atomic mass is 9.84. The van der Waals surface area contributed by atoms with E-state index in [-0.39, 0.29) is 32.0 Å². The molecule has 3 amide bonds. The van der Waals surface area contributed by atoms with Crippen molar-refractivity contribution in [2.45, 2.75) is 76.5 Å².